The average Bonchev–Trinajstić information content (AvgIpc) is 2.60. The Hall–Kier alpha value is -3.66. The van der Waals surface area contributed by atoms with Crippen LogP contribution < -0.4 is 15.8 Å². The summed E-state index contributed by atoms with van der Waals surface area (Å²) >= 11 is 0. The van der Waals surface area contributed by atoms with Gasteiger partial charge in [-0.3, -0.25) is 9.59 Å². The molecule has 0 radical (unpaired) electrons. The first-order valence-corrected chi connectivity index (χ1v) is 7.18. The van der Waals surface area contributed by atoms with Crippen LogP contribution in [0.2, 0.25) is 0 Å². The minimum Gasteiger partial charge on any atom is -0.484 e. The molecule has 0 aliphatic carbocycles. The van der Waals surface area contributed by atoms with E-state index in [0.717, 1.165) is 0 Å². The Labute approximate surface area is 143 Å². The Morgan fingerprint density at radius 2 is 1.80 bits per heavy atom. The van der Waals surface area contributed by atoms with Gasteiger partial charge in [0, 0.05) is 5.69 Å². The van der Waals surface area contributed by atoms with Crippen molar-refractivity contribution >= 4 is 23.6 Å². The van der Waals surface area contributed by atoms with Crippen LogP contribution in [0.5, 0.6) is 5.75 Å². The van der Waals surface area contributed by atoms with Crippen LogP contribution in [0.3, 0.4) is 0 Å². The van der Waals surface area contributed by atoms with E-state index in [4.69, 9.17) is 15.7 Å². The molecule has 0 heterocycles. The number of primary amides is 1. The van der Waals surface area contributed by atoms with E-state index >= 15 is 0 Å². The number of benzene rings is 2. The summed E-state index contributed by atoms with van der Waals surface area (Å²) in [5.41, 5.74) is 5.96. The molecule has 0 saturated carbocycles. The molecule has 0 aliphatic rings. The zero-order valence-electron chi connectivity index (χ0n) is 13.0. The van der Waals surface area contributed by atoms with E-state index in [2.05, 4.69) is 5.32 Å². The van der Waals surface area contributed by atoms with E-state index in [0.29, 0.717) is 17.0 Å². The van der Waals surface area contributed by atoms with Crippen molar-refractivity contribution in [1.82, 2.24) is 0 Å². The van der Waals surface area contributed by atoms with Gasteiger partial charge in [0.2, 0.25) is 0 Å². The Morgan fingerprint density at radius 3 is 2.36 bits per heavy atom. The number of nitrogens with two attached hydrogens (primary N) is 1. The third-order valence-corrected chi connectivity index (χ3v) is 3.07. The van der Waals surface area contributed by atoms with Gasteiger partial charge >= 0.3 is 0 Å². The number of carbonyl (C=O) groups is 2. The van der Waals surface area contributed by atoms with Gasteiger partial charge in [0.25, 0.3) is 11.8 Å². The van der Waals surface area contributed by atoms with E-state index in [-0.39, 0.29) is 18.0 Å². The van der Waals surface area contributed by atoms with Gasteiger partial charge < -0.3 is 15.8 Å². The van der Waals surface area contributed by atoms with E-state index in [1.807, 2.05) is 0 Å². The minimum atomic E-state index is -0.805. The SMILES string of the molecule is N#C/C(=C\c1ccc(OCC(=O)Nc2ccc(F)cc2)cc1)C(N)=O. The smallest absolute Gasteiger partial charge is 0.262 e. The number of carbonyl (C=O) groups excluding carboxylic acids is 2. The molecule has 0 unspecified atom stereocenters. The highest BCUT2D eigenvalue weighted by atomic mass is 19.1. The quantitative estimate of drug-likeness (QED) is 0.622. The van der Waals surface area contributed by atoms with Gasteiger partial charge in [-0.25, -0.2) is 4.39 Å². The fraction of sp³-hybridized carbons (Fsp3) is 0.0556. The molecule has 2 aromatic carbocycles. The van der Waals surface area contributed by atoms with Gasteiger partial charge in [0.05, 0.1) is 0 Å². The van der Waals surface area contributed by atoms with Crippen molar-refractivity contribution in [1.29, 1.82) is 5.26 Å². The van der Waals surface area contributed by atoms with Gasteiger partial charge in [0.1, 0.15) is 23.2 Å². The first-order valence-electron chi connectivity index (χ1n) is 7.18. The summed E-state index contributed by atoms with van der Waals surface area (Å²) in [6, 6.07) is 13.5. The van der Waals surface area contributed by atoms with Crippen molar-refractivity contribution in [3.05, 3.63) is 65.5 Å². The third-order valence-electron chi connectivity index (χ3n) is 3.07. The lowest BCUT2D eigenvalue weighted by atomic mass is 10.1. The normalized spacial score (nSPS) is 10.6. The number of nitrogens with one attached hydrogen (secondary N) is 1. The molecule has 25 heavy (non-hydrogen) atoms. The van der Waals surface area contributed by atoms with Crippen LogP contribution in [0.25, 0.3) is 6.08 Å². The van der Waals surface area contributed by atoms with E-state index < -0.39 is 11.8 Å². The molecule has 2 aromatic rings. The van der Waals surface area contributed by atoms with E-state index in [1.54, 1.807) is 30.3 Å². The van der Waals surface area contributed by atoms with Crippen LogP contribution in [0, 0.1) is 17.1 Å². The summed E-state index contributed by atoms with van der Waals surface area (Å²) in [5, 5.41) is 11.4. The molecule has 3 N–H and O–H groups in total. The summed E-state index contributed by atoms with van der Waals surface area (Å²) in [6.07, 6.45) is 1.35. The van der Waals surface area contributed by atoms with Gasteiger partial charge in [-0.1, -0.05) is 12.1 Å². The van der Waals surface area contributed by atoms with Crippen LogP contribution in [0.15, 0.2) is 54.1 Å². The van der Waals surface area contributed by atoms with Crippen molar-refractivity contribution in [2.75, 3.05) is 11.9 Å². The number of amides is 2. The summed E-state index contributed by atoms with van der Waals surface area (Å²) in [6.45, 7) is -0.225. The molecule has 0 saturated heterocycles. The lowest BCUT2D eigenvalue weighted by molar-refractivity contribution is -0.118. The van der Waals surface area contributed by atoms with Crippen molar-refractivity contribution in [3.63, 3.8) is 0 Å². The second-order valence-corrected chi connectivity index (χ2v) is 4.95. The fourth-order valence-corrected chi connectivity index (χ4v) is 1.86. The Balaban J connectivity index is 1.91. The molecule has 126 valence electrons. The number of rotatable bonds is 6. The van der Waals surface area contributed by atoms with Crippen molar-refractivity contribution in [3.8, 4) is 11.8 Å². The number of halogens is 1. The second kappa shape index (κ2) is 8.26. The van der Waals surface area contributed by atoms with E-state index in [9.17, 15) is 14.0 Å². The maximum atomic E-state index is 12.8. The Kier molecular flexibility index (Phi) is 5.85. The summed E-state index contributed by atoms with van der Waals surface area (Å²) in [4.78, 5) is 22.8. The molecular weight excluding hydrogens is 325 g/mol. The summed E-state index contributed by atoms with van der Waals surface area (Å²) in [5.74, 6) is -1.15. The number of hydrogen-bond acceptors (Lipinski definition) is 4. The number of hydrogen-bond donors (Lipinski definition) is 2. The van der Waals surface area contributed by atoms with Crippen LogP contribution in [-0.2, 0) is 9.59 Å². The molecule has 0 atom stereocenters. The van der Waals surface area contributed by atoms with Crippen molar-refractivity contribution < 1.29 is 18.7 Å². The number of ether oxygens (including phenoxy) is 1. The molecule has 2 rings (SSSR count). The molecule has 0 fully saturated rings. The highest BCUT2D eigenvalue weighted by Gasteiger charge is 2.05. The molecule has 0 spiro atoms. The fourth-order valence-electron chi connectivity index (χ4n) is 1.86. The van der Waals surface area contributed by atoms with Crippen LogP contribution in [0.4, 0.5) is 10.1 Å². The molecule has 2 amide bonds. The largest absolute Gasteiger partial charge is 0.484 e. The van der Waals surface area contributed by atoms with Gasteiger partial charge in [0.15, 0.2) is 6.61 Å². The maximum Gasteiger partial charge on any atom is 0.262 e. The molecule has 0 aliphatic heterocycles. The Bertz CT molecular complexity index is 837. The molecule has 6 nitrogen and oxygen atoms in total. The predicted molar refractivity (Wildman–Crippen MR) is 89.8 cm³/mol. The average molecular weight is 339 g/mol. The van der Waals surface area contributed by atoms with Crippen LogP contribution >= 0.6 is 0 Å². The molecule has 7 heteroatoms. The first kappa shape index (κ1) is 17.7. The first-order chi connectivity index (χ1) is 12.0. The topological polar surface area (TPSA) is 105 Å². The number of nitriles is 1. The van der Waals surface area contributed by atoms with Crippen LogP contribution in [-0.4, -0.2) is 18.4 Å². The summed E-state index contributed by atoms with van der Waals surface area (Å²) in [7, 11) is 0. The highest BCUT2D eigenvalue weighted by molar-refractivity contribution is 6.00. The van der Waals surface area contributed by atoms with Gasteiger partial charge in [-0.05, 0) is 48.0 Å². The zero-order chi connectivity index (χ0) is 18.2. The second-order valence-electron chi connectivity index (χ2n) is 4.95. The van der Waals surface area contributed by atoms with Crippen LogP contribution in [0.1, 0.15) is 5.56 Å². The molecule has 0 aromatic heterocycles. The zero-order valence-corrected chi connectivity index (χ0v) is 13.0. The number of anilines is 1. The summed E-state index contributed by atoms with van der Waals surface area (Å²) < 4.78 is 18.1. The monoisotopic (exact) mass is 339 g/mol. The predicted octanol–water partition coefficient (Wildman–Crippen LogP) is 2.24. The van der Waals surface area contributed by atoms with Gasteiger partial charge in [-0.2, -0.15) is 5.26 Å². The third kappa shape index (κ3) is 5.48. The van der Waals surface area contributed by atoms with Crippen molar-refractivity contribution in [2.24, 2.45) is 5.73 Å². The Morgan fingerprint density at radius 1 is 1.16 bits per heavy atom. The highest BCUT2D eigenvalue weighted by Crippen LogP contribution is 2.15. The van der Waals surface area contributed by atoms with Crippen molar-refractivity contribution in [2.45, 2.75) is 0 Å². The lowest BCUT2D eigenvalue weighted by Crippen LogP contribution is -2.20. The maximum absolute atomic E-state index is 12.8. The molecule has 0 bridgehead atoms. The standard InChI is InChI=1S/C18H14FN3O3/c19-14-3-5-15(6-4-14)22-17(23)11-25-16-7-1-12(2-8-16)9-13(10-20)18(21)24/h1-9H,11H2,(H2,21,24)(H,22,23)/b13-9+. The number of nitrogens with zero attached hydrogens (tertiary/aromatic N) is 1. The van der Waals surface area contributed by atoms with Gasteiger partial charge in [-0.15, -0.1) is 0 Å². The minimum absolute atomic E-state index is 0.160. The van der Waals surface area contributed by atoms with E-state index in [1.165, 1.54) is 30.3 Å². The lowest BCUT2D eigenvalue weighted by Gasteiger charge is -2.08. The molecular formula is C18H14FN3O3.